The van der Waals surface area contributed by atoms with E-state index in [1.165, 1.54) is 0 Å². The molecule has 9 nitrogen and oxygen atoms in total. The van der Waals surface area contributed by atoms with Crippen LogP contribution in [0, 0.1) is 5.92 Å². The zero-order valence-corrected chi connectivity index (χ0v) is 21.4. The molecule has 0 bridgehead atoms. The number of Topliss-reactive ketones (excluding diaryl/α,β-unsaturated/α-hetero) is 1. The van der Waals surface area contributed by atoms with Crippen LogP contribution in [0.25, 0.3) is 5.76 Å². The number of aromatic nitrogens is 1. The van der Waals surface area contributed by atoms with Crippen LogP contribution in [-0.4, -0.2) is 70.0 Å². The average Bonchev–Trinajstić information content (AvgIpc) is 3.18. The van der Waals surface area contributed by atoms with Crippen LogP contribution in [0.4, 0.5) is 4.79 Å². The van der Waals surface area contributed by atoms with E-state index in [2.05, 4.69) is 18.8 Å². The second-order valence-electron chi connectivity index (χ2n) is 9.63. The molecule has 0 radical (unpaired) electrons. The number of amides is 2. The monoisotopic (exact) mass is 507 g/mol. The van der Waals surface area contributed by atoms with Crippen molar-refractivity contribution in [3.63, 3.8) is 0 Å². The highest BCUT2D eigenvalue weighted by molar-refractivity contribution is 6.46. The van der Waals surface area contributed by atoms with Crippen LogP contribution in [0.1, 0.15) is 50.8 Å². The summed E-state index contributed by atoms with van der Waals surface area (Å²) in [4.78, 5) is 46.0. The van der Waals surface area contributed by atoms with Gasteiger partial charge in [-0.05, 0) is 67.6 Å². The minimum atomic E-state index is -0.765. The third kappa shape index (κ3) is 5.60. The van der Waals surface area contributed by atoms with Crippen molar-refractivity contribution in [2.24, 2.45) is 5.92 Å². The highest BCUT2D eigenvalue weighted by Gasteiger charge is 2.49. The van der Waals surface area contributed by atoms with E-state index in [9.17, 15) is 19.5 Å². The van der Waals surface area contributed by atoms with Crippen LogP contribution in [0.5, 0.6) is 5.75 Å². The van der Waals surface area contributed by atoms with E-state index in [4.69, 9.17) is 9.47 Å². The Kier molecular flexibility index (Phi) is 8.11. The highest BCUT2D eigenvalue weighted by Crippen LogP contribution is 2.42. The molecule has 2 aliphatic rings. The fourth-order valence-electron chi connectivity index (χ4n) is 4.77. The van der Waals surface area contributed by atoms with Crippen molar-refractivity contribution in [2.75, 3.05) is 26.3 Å². The maximum absolute atomic E-state index is 13.3. The number of carbonyl (C=O) groups excluding carboxylic acids is 3. The molecule has 1 aromatic heterocycles. The number of nitrogens with zero attached hydrogens (tertiary/aromatic N) is 3. The predicted molar refractivity (Wildman–Crippen MR) is 137 cm³/mol. The quantitative estimate of drug-likeness (QED) is 0.340. The van der Waals surface area contributed by atoms with Crippen LogP contribution in [0.3, 0.4) is 0 Å². The Hall–Kier alpha value is -3.88. The van der Waals surface area contributed by atoms with Gasteiger partial charge in [-0.25, -0.2) is 4.79 Å². The van der Waals surface area contributed by atoms with Crippen molar-refractivity contribution in [3.05, 3.63) is 65.5 Å². The maximum atomic E-state index is 13.3. The zero-order valence-electron chi connectivity index (χ0n) is 21.4. The Morgan fingerprint density at radius 2 is 1.73 bits per heavy atom. The molecule has 37 heavy (non-hydrogen) atoms. The first-order valence-electron chi connectivity index (χ1n) is 12.7. The number of aliphatic hydroxyl groups is 1. The first kappa shape index (κ1) is 26.2. The van der Waals surface area contributed by atoms with Gasteiger partial charge in [-0.3, -0.25) is 14.6 Å². The number of carbonyl (C=O) groups is 3. The molecular formula is C28H33N3O6. The molecule has 9 heteroatoms. The highest BCUT2D eigenvalue weighted by atomic mass is 16.6. The summed E-state index contributed by atoms with van der Waals surface area (Å²) in [6, 6.07) is 9.28. The zero-order chi connectivity index (χ0) is 26.5. The van der Waals surface area contributed by atoms with Crippen LogP contribution >= 0.6 is 0 Å². The Balaban J connectivity index is 1.66. The van der Waals surface area contributed by atoms with Crippen molar-refractivity contribution in [1.82, 2.24) is 14.8 Å². The van der Waals surface area contributed by atoms with Crippen LogP contribution < -0.4 is 4.74 Å². The van der Waals surface area contributed by atoms with E-state index in [0.29, 0.717) is 61.9 Å². The smallest absolute Gasteiger partial charge is 0.409 e. The largest absolute Gasteiger partial charge is 0.507 e. The number of hydrogen-bond donors (Lipinski definition) is 1. The number of aliphatic hydroxyl groups excluding tert-OH is 1. The van der Waals surface area contributed by atoms with Gasteiger partial charge in [0.25, 0.3) is 11.7 Å². The van der Waals surface area contributed by atoms with Gasteiger partial charge in [0.1, 0.15) is 11.5 Å². The second kappa shape index (κ2) is 11.5. The number of piperidine rings is 1. The molecule has 2 amide bonds. The van der Waals surface area contributed by atoms with Crippen molar-refractivity contribution < 1.29 is 29.0 Å². The molecule has 0 saturated carbocycles. The number of likely N-dealkylation sites (tertiary alicyclic amines) is 2. The molecule has 0 spiro atoms. The maximum Gasteiger partial charge on any atom is 0.409 e. The number of benzene rings is 1. The topological polar surface area (TPSA) is 109 Å². The summed E-state index contributed by atoms with van der Waals surface area (Å²) in [7, 11) is 0. The van der Waals surface area contributed by atoms with Gasteiger partial charge in [0.05, 0.1) is 24.8 Å². The van der Waals surface area contributed by atoms with Crippen LogP contribution in [-0.2, 0) is 14.3 Å². The fraction of sp³-hybridized carbons (Fsp3) is 0.429. The van der Waals surface area contributed by atoms with Gasteiger partial charge >= 0.3 is 6.09 Å². The van der Waals surface area contributed by atoms with E-state index < -0.39 is 17.7 Å². The van der Waals surface area contributed by atoms with E-state index in [-0.39, 0.29) is 23.5 Å². The molecular weight excluding hydrogens is 474 g/mol. The van der Waals surface area contributed by atoms with E-state index in [1.54, 1.807) is 65.5 Å². The summed E-state index contributed by atoms with van der Waals surface area (Å²) >= 11 is 0. The molecule has 4 rings (SSSR count). The van der Waals surface area contributed by atoms with Gasteiger partial charge in [-0.2, -0.15) is 0 Å². The van der Waals surface area contributed by atoms with Gasteiger partial charge in [0, 0.05) is 37.1 Å². The molecule has 3 heterocycles. The summed E-state index contributed by atoms with van der Waals surface area (Å²) in [6.07, 6.45) is 3.80. The third-order valence-corrected chi connectivity index (χ3v) is 6.60. The van der Waals surface area contributed by atoms with Gasteiger partial charge in [-0.15, -0.1) is 0 Å². The normalized spacial score (nSPS) is 19.9. The Morgan fingerprint density at radius 1 is 1.08 bits per heavy atom. The summed E-state index contributed by atoms with van der Waals surface area (Å²) in [5, 5.41) is 11.3. The molecule has 1 aromatic carbocycles. The minimum absolute atomic E-state index is 0.0415. The van der Waals surface area contributed by atoms with Crippen molar-refractivity contribution >= 4 is 23.5 Å². The van der Waals surface area contributed by atoms with Gasteiger partial charge in [-0.1, -0.05) is 13.8 Å². The average molecular weight is 508 g/mol. The second-order valence-corrected chi connectivity index (χ2v) is 9.63. The van der Waals surface area contributed by atoms with Crippen molar-refractivity contribution in [3.8, 4) is 5.75 Å². The van der Waals surface area contributed by atoms with Gasteiger partial charge in [0.15, 0.2) is 0 Å². The summed E-state index contributed by atoms with van der Waals surface area (Å²) < 4.78 is 10.8. The Labute approximate surface area is 216 Å². The minimum Gasteiger partial charge on any atom is -0.507 e. The molecule has 1 N–H and O–H groups in total. The molecule has 2 aliphatic heterocycles. The number of ketones is 1. The number of rotatable bonds is 7. The molecule has 2 aromatic rings. The lowest BCUT2D eigenvalue weighted by Gasteiger charge is -2.38. The van der Waals surface area contributed by atoms with E-state index >= 15 is 0 Å². The van der Waals surface area contributed by atoms with E-state index in [1.807, 2.05) is 0 Å². The lowest BCUT2D eigenvalue weighted by atomic mass is 9.94. The number of pyridine rings is 1. The lowest BCUT2D eigenvalue weighted by molar-refractivity contribution is -0.142. The molecule has 0 aliphatic carbocycles. The predicted octanol–water partition coefficient (Wildman–Crippen LogP) is 4.16. The summed E-state index contributed by atoms with van der Waals surface area (Å²) in [5.41, 5.74) is 1.14. The first-order valence-corrected chi connectivity index (χ1v) is 12.7. The number of hydrogen-bond acceptors (Lipinski definition) is 7. The van der Waals surface area contributed by atoms with Gasteiger partial charge < -0.3 is 24.4 Å². The summed E-state index contributed by atoms with van der Waals surface area (Å²) in [6.45, 7) is 7.54. The Morgan fingerprint density at radius 3 is 2.32 bits per heavy atom. The molecule has 1 atom stereocenters. The van der Waals surface area contributed by atoms with E-state index in [0.717, 1.165) is 0 Å². The Bertz CT molecular complexity index is 1150. The lowest BCUT2D eigenvalue weighted by Crippen LogP contribution is -2.48. The van der Waals surface area contributed by atoms with Crippen LogP contribution in [0.2, 0.25) is 0 Å². The number of ether oxygens (including phenoxy) is 2. The third-order valence-electron chi connectivity index (χ3n) is 6.60. The SMILES string of the molecule is CCOC(=O)N1CCC(N2C(=O)C(=O)/C(=C(/O)c3ccc(OCC(C)C)cc3)C2c2ccncc2)CC1. The molecule has 1 unspecified atom stereocenters. The fourth-order valence-corrected chi connectivity index (χ4v) is 4.77. The van der Waals surface area contributed by atoms with Crippen LogP contribution in [0.15, 0.2) is 54.4 Å². The first-order chi connectivity index (χ1) is 17.8. The molecule has 2 saturated heterocycles. The standard InChI is InChI=1S/C28H33N3O6/c1-4-36-28(35)30-15-11-21(12-16-30)31-24(19-9-13-29-14-10-19)23(26(33)27(31)34)25(32)20-5-7-22(8-6-20)37-17-18(2)3/h5-10,13-14,18,21,24,32H,4,11-12,15-17H2,1-3H3/b25-23+. The van der Waals surface area contributed by atoms with Gasteiger partial charge in [0.2, 0.25) is 0 Å². The van der Waals surface area contributed by atoms with Crippen molar-refractivity contribution in [1.29, 1.82) is 0 Å². The van der Waals surface area contributed by atoms with Crippen molar-refractivity contribution in [2.45, 2.75) is 45.7 Å². The summed E-state index contributed by atoms with van der Waals surface area (Å²) in [5.74, 6) is -0.595. The molecule has 196 valence electrons. The molecule has 2 fully saturated rings.